The Bertz CT molecular complexity index is 947. The van der Waals surface area contributed by atoms with Gasteiger partial charge < -0.3 is 9.73 Å². The Hall–Kier alpha value is -2.16. The largest absolute Gasteiger partial charge is 0.468 e. The third kappa shape index (κ3) is 4.61. The van der Waals surface area contributed by atoms with Crippen molar-refractivity contribution >= 4 is 15.9 Å². The van der Waals surface area contributed by atoms with Crippen LogP contribution < -0.4 is 5.32 Å². The van der Waals surface area contributed by atoms with Crippen molar-refractivity contribution in [3.05, 3.63) is 54.0 Å². The molecule has 0 radical (unpaired) electrons. The fraction of sp³-hybridized carbons (Fsp3) is 0.500. The number of hydrogen-bond acceptors (Lipinski definition) is 5. The highest BCUT2D eigenvalue weighted by atomic mass is 32.2. The summed E-state index contributed by atoms with van der Waals surface area (Å²) in [6.07, 6.45) is 6.74. The van der Waals surface area contributed by atoms with Gasteiger partial charge in [0.1, 0.15) is 5.76 Å². The zero-order valence-electron chi connectivity index (χ0n) is 17.1. The van der Waals surface area contributed by atoms with Gasteiger partial charge in [0, 0.05) is 25.2 Å². The molecule has 1 atom stereocenters. The van der Waals surface area contributed by atoms with Crippen molar-refractivity contribution in [2.24, 2.45) is 0 Å². The van der Waals surface area contributed by atoms with Crippen LogP contribution in [0.4, 0.5) is 0 Å². The van der Waals surface area contributed by atoms with E-state index in [2.05, 4.69) is 10.2 Å². The fourth-order valence-corrected chi connectivity index (χ4v) is 5.85. The van der Waals surface area contributed by atoms with Gasteiger partial charge >= 0.3 is 0 Å². The van der Waals surface area contributed by atoms with Gasteiger partial charge in [-0.25, -0.2) is 8.42 Å². The zero-order valence-corrected chi connectivity index (χ0v) is 17.9. The number of amides is 1. The topological polar surface area (TPSA) is 82.9 Å². The van der Waals surface area contributed by atoms with Crippen molar-refractivity contribution in [2.75, 3.05) is 32.7 Å². The summed E-state index contributed by atoms with van der Waals surface area (Å²) in [5.74, 6) is 0.556. The maximum Gasteiger partial charge on any atom is 0.251 e. The van der Waals surface area contributed by atoms with E-state index in [0.717, 1.165) is 51.0 Å². The highest BCUT2D eigenvalue weighted by molar-refractivity contribution is 7.89. The summed E-state index contributed by atoms with van der Waals surface area (Å²) >= 11 is 0. The van der Waals surface area contributed by atoms with Gasteiger partial charge in [-0.3, -0.25) is 9.69 Å². The molecule has 2 fully saturated rings. The molecule has 2 aliphatic rings. The number of nitrogens with zero attached hydrogens (tertiary/aromatic N) is 2. The first-order valence-electron chi connectivity index (χ1n) is 10.7. The molecule has 3 heterocycles. The second kappa shape index (κ2) is 9.32. The van der Waals surface area contributed by atoms with Gasteiger partial charge in [-0.15, -0.1) is 0 Å². The quantitative estimate of drug-likeness (QED) is 0.729. The van der Waals surface area contributed by atoms with E-state index >= 15 is 0 Å². The minimum absolute atomic E-state index is 0.0216. The molecule has 2 aromatic rings. The van der Waals surface area contributed by atoms with Crippen molar-refractivity contribution in [3.8, 4) is 0 Å². The van der Waals surface area contributed by atoms with Crippen LogP contribution in [0.15, 0.2) is 52.0 Å². The Balaban J connectivity index is 1.46. The van der Waals surface area contributed by atoms with Crippen LogP contribution in [0, 0.1) is 0 Å². The second-order valence-corrected chi connectivity index (χ2v) is 9.91. The average molecular weight is 432 g/mol. The first-order chi connectivity index (χ1) is 14.6. The van der Waals surface area contributed by atoms with Crippen molar-refractivity contribution in [1.82, 2.24) is 14.5 Å². The van der Waals surface area contributed by atoms with Crippen LogP contribution in [-0.4, -0.2) is 56.3 Å². The van der Waals surface area contributed by atoms with Gasteiger partial charge in [0.15, 0.2) is 0 Å². The monoisotopic (exact) mass is 431 g/mol. The maximum atomic E-state index is 12.9. The molecule has 2 saturated heterocycles. The van der Waals surface area contributed by atoms with E-state index in [1.54, 1.807) is 24.5 Å². The summed E-state index contributed by atoms with van der Waals surface area (Å²) < 4.78 is 33.0. The lowest BCUT2D eigenvalue weighted by atomic mass is 10.1. The molecule has 30 heavy (non-hydrogen) atoms. The summed E-state index contributed by atoms with van der Waals surface area (Å²) in [6.45, 7) is 3.45. The molecule has 2 aliphatic heterocycles. The highest BCUT2D eigenvalue weighted by Crippen LogP contribution is 2.25. The first-order valence-corrected chi connectivity index (χ1v) is 12.2. The van der Waals surface area contributed by atoms with Gasteiger partial charge in [0.25, 0.3) is 5.91 Å². The summed E-state index contributed by atoms with van der Waals surface area (Å²) in [6, 6.07) is 10.1. The Morgan fingerprint density at radius 2 is 1.73 bits per heavy atom. The van der Waals surface area contributed by atoms with Crippen molar-refractivity contribution < 1.29 is 17.6 Å². The fourth-order valence-electron chi connectivity index (χ4n) is 4.29. The van der Waals surface area contributed by atoms with E-state index < -0.39 is 10.0 Å². The number of piperidine rings is 1. The number of carbonyl (C=O) groups is 1. The molecule has 0 bridgehead atoms. The Labute approximate surface area is 178 Å². The van der Waals surface area contributed by atoms with Crippen LogP contribution in [0.2, 0.25) is 0 Å². The van der Waals surface area contributed by atoms with Gasteiger partial charge in [0.2, 0.25) is 10.0 Å². The molecule has 0 spiro atoms. The predicted octanol–water partition coefficient (Wildman–Crippen LogP) is 3.02. The smallest absolute Gasteiger partial charge is 0.251 e. The summed E-state index contributed by atoms with van der Waals surface area (Å²) in [7, 11) is -3.57. The van der Waals surface area contributed by atoms with Crippen LogP contribution in [0.1, 0.15) is 54.3 Å². The van der Waals surface area contributed by atoms with Crippen molar-refractivity contribution in [1.29, 1.82) is 0 Å². The third-order valence-corrected chi connectivity index (χ3v) is 7.85. The minimum Gasteiger partial charge on any atom is -0.468 e. The zero-order chi connectivity index (χ0) is 21.0. The lowest BCUT2D eigenvalue weighted by Crippen LogP contribution is -2.37. The molecule has 7 nitrogen and oxygen atoms in total. The second-order valence-electron chi connectivity index (χ2n) is 7.98. The van der Waals surface area contributed by atoms with E-state index in [4.69, 9.17) is 4.42 Å². The third-order valence-electron chi connectivity index (χ3n) is 5.96. The van der Waals surface area contributed by atoms with E-state index in [1.807, 2.05) is 12.1 Å². The van der Waals surface area contributed by atoms with Crippen molar-refractivity contribution in [2.45, 2.75) is 43.0 Å². The molecule has 8 heteroatoms. The number of carbonyl (C=O) groups excluding carboxylic acids is 1. The minimum atomic E-state index is -3.57. The number of nitrogens with one attached hydrogen (secondary N) is 1. The molecular formula is C22H29N3O4S. The molecule has 0 aliphatic carbocycles. The molecule has 162 valence electrons. The SMILES string of the molecule is O=C(NC[C@@H](c1ccco1)N1CCCC1)c1cccc(S(=O)(=O)N2CCCCC2)c1. The Morgan fingerprint density at radius 3 is 2.43 bits per heavy atom. The molecule has 4 rings (SSSR count). The average Bonchev–Trinajstić information content (AvgIpc) is 3.50. The number of furan rings is 1. The maximum absolute atomic E-state index is 12.9. The van der Waals surface area contributed by atoms with Gasteiger partial charge in [-0.2, -0.15) is 4.31 Å². The molecule has 0 saturated carbocycles. The van der Waals surface area contributed by atoms with E-state index in [0.29, 0.717) is 25.2 Å². The summed E-state index contributed by atoms with van der Waals surface area (Å²) in [5.41, 5.74) is 0.354. The molecule has 1 aromatic heterocycles. The number of rotatable bonds is 7. The first kappa shape index (κ1) is 21.1. The van der Waals surface area contributed by atoms with Crippen LogP contribution in [0.5, 0.6) is 0 Å². The molecular weight excluding hydrogens is 402 g/mol. The summed E-state index contributed by atoms with van der Waals surface area (Å²) in [5, 5.41) is 2.97. The lowest BCUT2D eigenvalue weighted by molar-refractivity contribution is 0.0933. The number of hydrogen-bond donors (Lipinski definition) is 1. The van der Waals surface area contributed by atoms with E-state index in [1.165, 1.54) is 10.4 Å². The van der Waals surface area contributed by atoms with E-state index in [9.17, 15) is 13.2 Å². The molecule has 1 aromatic carbocycles. The molecule has 0 unspecified atom stereocenters. The van der Waals surface area contributed by atoms with Crippen LogP contribution >= 0.6 is 0 Å². The van der Waals surface area contributed by atoms with Gasteiger partial charge in [-0.05, 0) is 69.1 Å². The van der Waals surface area contributed by atoms with Crippen LogP contribution in [0.3, 0.4) is 0 Å². The molecule has 1 N–H and O–H groups in total. The number of likely N-dealkylation sites (tertiary alicyclic amines) is 1. The van der Waals surface area contributed by atoms with Crippen LogP contribution in [-0.2, 0) is 10.0 Å². The van der Waals surface area contributed by atoms with Gasteiger partial charge in [0.05, 0.1) is 17.2 Å². The number of benzene rings is 1. The highest BCUT2D eigenvalue weighted by Gasteiger charge is 2.28. The van der Waals surface area contributed by atoms with E-state index in [-0.39, 0.29) is 16.8 Å². The number of sulfonamides is 1. The molecule has 1 amide bonds. The van der Waals surface area contributed by atoms with Crippen LogP contribution in [0.25, 0.3) is 0 Å². The summed E-state index contributed by atoms with van der Waals surface area (Å²) in [4.78, 5) is 15.3. The Kier molecular flexibility index (Phi) is 6.55. The van der Waals surface area contributed by atoms with Crippen molar-refractivity contribution in [3.63, 3.8) is 0 Å². The standard InChI is InChI=1S/C22H29N3O4S/c26-22(23-17-20(21-10-7-15-29-21)24-11-4-5-12-24)18-8-6-9-19(16-18)30(27,28)25-13-2-1-3-14-25/h6-10,15-16,20H,1-5,11-14,17H2,(H,23,26)/t20-/m0/s1. The predicted molar refractivity (Wildman–Crippen MR) is 114 cm³/mol. The lowest BCUT2D eigenvalue weighted by Gasteiger charge is -2.26. The Morgan fingerprint density at radius 1 is 1.00 bits per heavy atom. The van der Waals surface area contributed by atoms with Gasteiger partial charge in [-0.1, -0.05) is 12.5 Å². The normalized spacial score (nSPS) is 19.6.